The van der Waals surface area contributed by atoms with Crippen molar-refractivity contribution < 1.29 is 9.59 Å². The Morgan fingerprint density at radius 3 is 2.10 bits per heavy atom. The fourth-order valence-corrected chi connectivity index (χ4v) is 2.36. The number of carbonyl (C=O) groups is 2. The van der Waals surface area contributed by atoms with E-state index in [1.165, 1.54) is 0 Å². The van der Waals surface area contributed by atoms with Gasteiger partial charge in [-0.15, -0.1) is 0 Å². The van der Waals surface area contributed by atoms with Crippen LogP contribution in [0.15, 0.2) is 24.3 Å². The summed E-state index contributed by atoms with van der Waals surface area (Å²) >= 11 is 5.81. The zero-order valence-corrected chi connectivity index (χ0v) is 13.1. The Morgan fingerprint density at radius 1 is 1.05 bits per heavy atom. The summed E-state index contributed by atoms with van der Waals surface area (Å²) in [5.74, 6) is 0.146. The van der Waals surface area contributed by atoms with Crippen molar-refractivity contribution >= 4 is 29.2 Å². The molecule has 0 aliphatic carbocycles. The van der Waals surface area contributed by atoms with Crippen molar-refractivity contribution in [3.05, 3.63) is 29.3 Å². The first-order valence-electron chi connectivity index (χ1n) is 7.07. The van der Waals surface area contributed by atoms with Gasteiger partial charge in [-0.05, 0) is 24.3 Å². The molecule has 0 saturated carbocycles. The second kappa shape index (κ2) is 6.80. The molecule has 0 spiro atoms. The zero-order chi connectivity index (χ0) is 15.4. The monoisotopic (exact) mass is 309 g/mol. The number of nitrogens with one attached hydrogen (secondary N) is 1. The Morgan fingerprint density at radius 2 is 1.57 bits per heavy atom. The highest BCUT2D eigenvalue weighted by atomic mass is 35.5. The van der Waals surface area contributed by atoms with Crippen molar-refractivity contribution in [2.24, 2.45) is 5.92 Å². The van der Waals surface area contributed by atoms with E-state index in [9.17, 15) is 9.59 Å². The molecule has 1 fully saturated rings. The molecule has 5 nitrogen and oxygen atoms in total. The van der Waals surface area contributed by atoms with Crippen molar-refractivity contribution in [1.29, 1.82) is 0 Å². The summed E-state index contributed by atoms with van der Waals surface area (Å²) in [4.78, 5) is 27.6. The lowest BCUT2D eigenvalue weighted by atomic mass is 10.1. The van der Waals surface area contributed by atoms with Gasteiger partial charge >= 0.3 is 6.03 Å². The average Bonchev–Trinajstić information content (AvgIpc) is 2.49. The average molecular weight is 310 g/mol. The van der Waals surface area contributed by atoms with E-state index < -0.39 is 0 Å². The molecule has 21 heavy (non-hydrogen) atoms. The van der Waals surface area contributed by atoms with E-state index in [1.807, 2.05) is 18.7 Å². The fourth-order valence-electron chi connectivity index (χ4n) is 2.23. The first-order valence-corrected chi connectivity index (χ1v) is 7.45. The molecule has 6 heteroatoms. The van der Waals surface area contributed by atoms with Crippen molar-refractivity contribution in [2.75, 3.05) is 31.5 Å². The first kappa shape index (κ1) is 15.6. The summed E-state index contributed by atoms with van der Waals surface area (Å²) in [7, 11) is 0. The van der Waals surface area contributed by atoms with Crippen LogP contribution in [0, 0.1) is 5.92 Å². The maximum Gasteiger partial charge on any atom is 0.321 e. The van der Waals surface area contributed by atoms with E-state index >= 15 is 0 Å². The summed E-state index contributed by atoms with van der Waals surface area (Å²) < 4.78 is 0. The lowest BCUT2D eigenvalue weighted by Crippen LogP contribution is -2.52. The molecule has 0 aromatic heterocycles. The van der Waals surface area contributed by atoms with Gasteiger partial charge in [0.15, 0.2) is 0 Å². The predicted molar refractivity (Wildman–Crippen MR) is 83.5 cm³/mol. The lowest BCUT2D eigenvalue weighted by molar-refractivity contribution is -0.135. The number of anilines is 1. The highest BCUT2D eigenvalue weighted by Gasteiger charge is 2.25. The molecule has 1 aromatic carbocycles. The van der Waals surface area contributed by atoms with Gasteiger partial charge in [0.2, 0.25) is 5.91 Å². The molecular weight excluding hydrogens is 290 g/mol. The van der Waals surface area contributed by atoms with Gasteiger partial charge < -0.3 is 15.1 Å². The van der Waals surface area contributed by atoms with Crippen LogP contribution in [0.1, 0.15) is 13.8 Å². The molecule has 114 valence electrons. The number of nitrogens with zero attached hydrogens (tertiary/aromatic N) is 2. The zero-order valence-electron chi connectivity index (χ0n) is 12.3. The maximum atomic E-state index is 12.1. The molecular formula is C15H20ClN3O2. The quantitative estimate of drug-likeness (QED) is 0.913. The smallest absolute Gasteiger partial charge is 0.321 e. The topological polar surface area (TPSA) is 52.7 Å². The number of amides is 3. The molecule has 1 heterocycles. The van der Waals surface area contributed by atoms with E-state index in [0.29, 0.717) is 36.9 Å². The van der Waals surface area contributed by atoms with Crippen LogP contribution in [0.25, 0.3) is 0 Å². The van der Waals surface area contributed by atoms with E-state index in [2.05, 4.69) is 5.32 Å². The molecule has 0 atom stereocenters. The van der Waals surface area contributed by atoms with Crippen molar-refractivity contribution in [3.8, 4) is 0 Å². The van der Waals surface area contributed by atoms with Gasteiger partial charge in [0.05, 0.1) is 0 Å². The third-order valence-electron chi connectivity index (χ3n) is 3.47. The molecule has 3 amide bonds. The van der Waals surface area contributed by atoms with Gasteiger partial charge in [-0.2, -0.15) is 0 Å². The number of benzene rings is 1. The standard InChI is InChI=1S/C15H20ClN3O2/c1-11(2)14(20)18-7-9-19(10-8-18)15(21)17-13-5-3-12(16)4-6-13/h3-6,11H,7-10H2,1-2H3,(H,17,21). The number of hydrogen-bond donors (Lipinski definition) is 1. The first-order chi connectivity index (χ1) is 9.97. The molecule has 0 bridgehead atoms. The van der Waals surface area contributed by atoms with Gasteiger partial charge in [0.25, 0.3) is 0 Å². The molecule has 1 N–H and O–H groups in total. The van der Waals surface area contributed by atoms with Crippen LogP contribution in [0.5, 0.6) is 0 Å². The van der Waals surface area contributed by atoms with Crippen LogP contribution in [-0.2, 0) is 4.79 Å². The number of urea groups is 1. The summed E-state index contributed by atoms with van der Waals surface area (Å²) in [5.41, 5.74) is 0.713. The van der Waals surface area contributed by atoms with E-state index in [4.69, 9.17) is 11.6 Å². The summed E-state index contributed by atoms with van der Waals surface area (Å²) in [6.45, 7) is 6.07. The number of rotatable bonds is 2. The van der Waals surface area contributed by atoms with Gasteiger partial charge in [0.1, 0.15) is 0 Å². The Labute approximate surface area is 129 Å². The van der Waals surface area contributed by atoms with Crippen molar-refractivity contribution in [1.82, 2.24) is 9.80 Å². The molecule has 1 aliphatic rings. The minimum atomic E-state index is -0.144. The Kier molecular flexibility index (Phi) is 5.07. The molecule has 2 rings (SSSR count). The summed E-state index contributed by atoms with van der Waals surface area (Å²) in [5, 5.41) is 3.46. The van der Waals surface area contributed by atoms with Crippen LogP contribution < -0.4 is 5.32 Å². The molecule has 0 radical (unpaired) electrons. The highest BCUT2D eigenvalue weighted by molar-refractivity contribution is 6.30. The molecule has 0 unspecified atom stereocenters. The van der Waals surface area contributed by atoms with Crippen LogP contribution in [-0.4, -0.2) is 47.9 Å². The third-order valence-corrected chi connectivity index (χ3v) is 3.72. The van der Waals surface area contributed by atoms with Crippen LogP contribution in [0.3, 0.4) is 0 Å². The number of piperazine rings is 1. The van der Waals surface area contributed by atoms with Crippen molar-refractivity contribution in [3.63, 3.8) is 0 Å². The van der Waals surface area contributed by atoms with Gasteiger partial charge in [-0.3, -0.25) is 4.79 Å². The minimum Gasteiger partial charge on any atom is -0.339 e. The molecule has 1 saturated heterocycles. The predicted octanol–water partition coefficient (Wildman–Crippen LogP) is 2.67. The normalized spacial score (nSPS) is 15.2. The lowest BCUT2D eigenvalue weighted by Gasteiger charge is -2.35. The Balaban J connectivity index is 1.86. The summed E-state index contributed by atoms with van der Waals surface area (Å²) in [6.07, 6.45) is 0. The Bertz CT molecular complexity index is 508. The molecule has 1 aliphatic heterocycles. The van der Waals surface area contributed by atoms with Crippen LogP contribution in [0.2, 0.25) is 5.02 Å². The highest BCUT2D eigenvalue weighted by Crippen LogP contribution is 2.14. The molecule has 1 aromatic rings. The summed E-state index contributed by atoms with van der Waals surface area (Å²) in [6, 6.07) is 6.85. The van der Waals surface area contributed by atoms with Gasteiger partial charge in [-0.25, -0.2) is 4.79 Å². The van der Waals surface area contributed by atoms with Gasteiger partial charge in [0, 0.05) is 42.8 Å². The number of carbonyl (C=O) groups excluding carboxylic acids is 2. The second-order valence-corrected chi connectivity index (χ2v) is 5.84. The SMILES string of the molecule is CC(C)C(=O)N1CCN(C(=O)Nc2ccc(Cl)cc2)CC1. The minimum absolute atomic E-state index is 0.000515. The fraction of sp³-hybridized carbons (Fsp3) is 0.467. The maximum absolute atomic E-state index is 12.1. The Hall–Kier alpha value is -1.75. The van der Waals surface area contributed by atoms with E-state index in [1.54, 1.807) is 29.2 Å². The number of halogens is 1. The van der Waals surface area contributed by atoms with E-state index in [-0.39, 0.29) is 17.9 Å². The third kappa shape index (κ3) is 4.11. The second-order valence-electron chi connectivity index (χ2n) is 5.40. The largest absolute Gasteiger partial charge is 0.339 e. The van der Waals surface area contributed by atoms with E-state index in [0.717, 1.165) is 0 Å². The van der Waals surface area contributed by atoms with Crippen LogP contribution in [0.4, 0.5) is 10.5 Å². The van der Waals surface area contributed by atoms with Gasteiger partial charge in [-0.1, -0.05) is 25.4 Å². The van der Waals surface area contributed by atoms with Crippen molar-refractivity contribution in [2.45, 2.75) is 13.8 Å². The van der Waals surface area contributed by atoms with Crippen LogP contribution >= 0.6 is 11.6 Å². The number of hydrogen-bond acceptors (Lipinski definition) is 2.